The third-order valence-electron chi connectivity index (χ3n) is 5.06. The first-order valence-electron chi connectivity index (χ1n) is 9.37. The molecule has 0 saturated carbocycles. The summed E-state index contributed by atoms with van der Waals surface area (Å²) in [5.41, 5.74) is 8.18. The number of amides is 2. The highest BCUT2D eigenvalue weighted by molar-refractivity contribution is 5.90. The Hall–Kier alpha value is -2.73. The van der Waals surface area contributed by atoms with E-state index in [0.29, 0.717) is 25.9 Å². The number of aryl methyl sites for hydroxylation is 1. The van der Waals surface area contributed by atoms with Crippen LogP contribution in [0.1, 0.15) is 24.1 Å². The van der Waals surface area contributed by atoms with Crippen molar-refractivity contribution in [2.75, 3.05) is 6.54 Å². The van der Waals surface area contributed by atoms with Crippen molar-refractivity contribution in [3.05, 3.63) is 66.0 Å². The van der Waals surface area contributed by atoms with Crippen molar-refractivity contribution < 1.29 is 14.2 Å². The fraction of sp³-hybridized carbons (Fsp3) is 0.381. The van der Waals surface area contributed by atoms with E-state index in [1.807, 2.05) is 66.3 Å². The average Bonchev–Trinajstić information content (AvgIpc) is 3.17. The van der Waals surface area contributed by atoms with Crippen LogP contribution in [0.5, 0.6) is 0 Å². The van der Waals surface area contributed by atoms with E-state index in [4.69, 9.17) is 5.73 Å². The Morgan fingerprint density at radius 3 is 2.70 bits per heavy atom. The molecular formula is C21H27N4O2+. The van der Waals surface area contributed by atoms with E-state index < -0.39 is 12.1 Å². The smallest absolute Gasteiger partial charge is 0.243 e. The van der Waals surface area contributed by atoms with E-state index >= 15 is 0 Å². The van der Waals surface area contributed by atoms with E-state index in [9.17, 15) is 9.59 Å². The second-order valence-corrected chi connectivity index (χ2v) is 7.01. The molecule has 1 aromatic heterocycles. The number of nitrogens with zero attached hydrogens (tertiary/aromatic N) is 2. The molecule has 2 aromatic rings. The number of carbonyl (C=O) groups excluding carboxylic acids is 2. The van der Waals surface area contributed by atoms with Crippen molar-refractivity contribution in [2.24, 2.45) is 12.8 Å². The summed E-state index contributed by atoms with van der Waals surface area (Å²) < 4.78 is 1.97. The van der Waals surface area contributed by atoms with Gasteiger partial charge in [0.1, 0.15) is 19.6 Å². The number of hydrogen-bond acceptors (Lipinski definition) is 3. The molecule has 3 N–H and O–H groups in total. The molecule has 1 aromatic carbocycles. The van der Waals surface area contributed by atoms with Gasteiger partial charge in [-0.2, -0.15) is 0 Å². The summed E-state index contributed by atoms with van der Waals surface area (Å²) in [6.45, 7) is 1.02. The van der Waals surface area contributed by atoms with Crippen LogP contribution in [0.3, 0.4) is 0 Å². The number of rotatable bonds is 6. The predicted molar refractivity (Wildman–Crippen MR) is 102 cm³/mol. The van der Waals surface area contributed by atoms with Gasteiger partial charge in [0.2, 0.25) is 11.8 Å². The lowest BCUT2D eigenvalue weighted by Gasteiger charge is -2.26. The van der Waals surface area contributed by atoms with Crippen LogP contribution in [0.2, 0.25) is 0 Å². The summed E-state index contributed by atoms with van der Waals surface area (Å²) >= 11 is 0. The van der Waals surface area contributed by atoms with Crippen LogP contribution < -0.4 is 15.6 Å². The second kappa shape index (κ2) is 8.77. The van der Waals surface area contributed by atoms with Gasteiger partial charge >= 0.3 is 0 Å². The number of carbonyl (C=O) groups is 2. The van der Waals surface area contributed by atoms with Crippen LogP contribution in [-0.4, -0.2) is 35.3 Å². The van der Waals surface area contributed by atoms with E-state index in [1.54, 1.807) is 4.90 Å². The zero-order valence-electron chi connectivity index (χ0n) is 15.7. The summed E-state index contributed by atoms with van der Waals surface area (Å²) in [5, 5.41) is 2.96. The molecule has 1 aliphatic rings. The molecule has 0 aliphatic carbocycles. The number of nitrogens with one attached hydrogen (secondary N) is 1. The molecule has 3 rings (SSSR count). The van der Waals surface area contributed by atoms with Gasteiger partial charge in [-0.25, -0.2) is 4.57 Å². The summed E-state index contributed by atoms with van der Waals surface area (Å²) in [7, 11) is 1.94. The van der Waals surface area contributed by atoms with Gasteiger partial charge in [-0.3, -0.25) is 9.59 Å². The van der Waals surface area contributed by atoms with Crippen LogP contribution in [0, 0.1) is 0 Å². The minimum Gasteiger partial charge on any atom is -0.344 e. The van der Waals surface area contributed by atoms with Gasteiger partial charge in [-0.05, 0) is 24.8 Å². The molecule has 2 atom stereocenters. The van der Waals surface area contributed by atoms with Gasteiger partial charge in [0.05, 0.1) is 6.04 Å². The predicted octanol–water partition coefficient (Wildman–Crippen LogP) is 0.688. The van der Waals surface area contributed by atoms with Gasteiger partial charge in [0.15, 0.2) is 11.9 Å². The molecule has 6 heteroatoms. The van der Waals surface area contributed by atoms with Gasteiger partial charge in [0, 0.05) is 18.7 Å². The van der Waals surface area contributed by atoms with Crippen molar-refractivity contribution in [3.8, 4) is 0 Å². The van der Waals surface area contributed by atoms with Gasteiger partial charge < -0.3 is 16.0 Å². The zero-order chi connectivity index (χ0) is 19.2. The molecular weight excluding hydrogens is 340 g/mol. The molecule has 6 nitrogen and oxygen atoms in total. The quantitative estimate of drug-likeness (QED) is 0.737. The maximum absolute atomic E-state index is 12.8. The molecule has 27 heavy (non-hydrogen) atoms. The standard InChI is InChI=1S/C21H26N4O2/c1-24-12-6-5-10-17(24)15-23-20(26)19-11-7-13-25(19)21(27)18(22)14-16-8-3-2-4-9-16/h2-6,8-10,12,18-19H,7,11,13-15,22H2,1H3/p+1/t18-,19+/m1/s1. The highest BCUT2D eigenvalue weighted by Gasteiger charge is 2.36. The number of pyridine rings is 1. The highest BCUT2D eigenvalue weighted by atomic mass is 16.2. The fourth-order valence-electron chi connectivity index (χ4n) is 3.51. The molecule has 1 saturated heterocycles. The molecule has 142 valence electrons. The Labute approximate surface area is 160 Å². The molecule has 1 aliphatic heterocycles. The minimum absolute atomic E-state index is 0.114. The van der Waals surface area contributed by atoms with Crippen LogP contribution in [-0.2, 0) is 29.6 Å². The van der Waals surface area contributed by atoms with Crippen molar-refractivity contribution in [1.29, 1.82) is 0 Å². The van der Waals surface area contributed by atoms with E-state index in [2.05, 4.69) is 5.32 Å². The van der Waals surface area contributed by atoms with Crippen LogP contribution >= 0.6 is 0 Å². The van der Waals surface area contributed by atoms with Crippen LogP contribution in [0.4, 0.5) is 0 Å². The van der Waals surface area contributed by atoms with E-state index in [0.717, 1.165) is 17.7 Å². The van der Waals surface area contributed by atoms with Crippen LogP contribution in [0.15, 0.2) is 54.7 Å². The van der Waals surface area contributed by atoms with E-state index in [-0.39, 0.29) is 11.8 Å². The molecule has 1 fully saturated rings. The summed E-state index contributed by atoms with van der Waals surface area (Å²) in [4.78, 5) is 27.1. The maximum atomic E-state index is 12.8. The van der Waals surface area contributed by atoms with Crippen molar-refractivity contribution >= 4 is 11.8 Å². The first kappa shape index (κ1) is 19.0. The Morgan fingerprint density at radius 2 is 1.96 bits per heavy atom. The van der Waals surface area contributed by atoms with Gasteiger partial charge in [-0.15, -0.1) is 0 Å². The normalized spacial score (nSPS) is 17.6. The van der Waals surface area contributed by atoms with Crippen molar-refractivity contribution in [2.45, 2.75) is 37.9 Å². The lowest BCUT2D eigenvalue weighted by molar-refractivity contribution is -0.679. The first-order chi connectivity index (χ1) is 13.1. The Kier molecular flexibility index (Phi) is 6.19. The third kappa shape index (κ3) is 4.71. The minimum atomic E-state index is -0.632. The summed E-state index contributed by atoms with van der Waals surface area (Å²) in [6, 6.07) is 14.5. The Balaban J connectivity index is 1.59. The molecule has 0 spiro atoms. The van der Waals surface area contributed by atoms with Gasteiger partial charge in [-0.1, -0.05) is 36.4 Å². The lowest BCUT2D eigenvalue weighted by atomic mass is 10.1. The molecule has 2 heterocycles. The zero-order valence-corrected chi connectivity index (χ0v) is 15.7. The van der Waals surface area contributed by atoms with Crippen molar-refractivity contribution in [1.82, 2.24) is 10.2 Å². The van der Waals surface area contributed by atoms with E-state index in [1.165, 1.54) is 0 Å². The first-order valence-corrected chi connectivity index (χ1v) is 9.37. The Bertz CT molecular complexity index is 794. The fourth-order valence-corrected chi connectivity index (χ4v) is 3.51. The number of hydrogen-bond donors (Lipinski definition) is 2. The third-order valence-corrected chi connectivity index (χ3v) is 5.06. The largest absolute Gasteiger partial charge is 0.344 e. The summed E-state index contributed by atoms with van der Waals surface area (Å²) in [6.07, 6.45) is 3.91. The monoisotopic (exact) mass is 367 g/mol. The number of likely N-dealkylation sites (tertiary alicyclic amines) is 1. The molecule has 2 amide bonds. The maximum Gasteiger partial charge on any atom is 0.243 e. The van der Waals surface area contributed by atoms with Crippen LogP contribution in [0.25, 0.3) is 0 Å². The number of aromatic nitrogens is 1. The average molecular weight is 367 g/mol. The SMILES string of the molecule is C[n+]1ccccc1CNC(=O)[C@@H]1CCCN1C(=O)[C@H](N)Cc1ccccc1. The second-order valence-electron chi connectivity index (χ2n) is 7.01. The molecule has 0 unspecified atom stereocenters. The molecule has 0 radical (unpaired) electrons. The van der Waals surface area contributed by atoms with Crippen molar-refractivity contribution in [3.63, 3.8) is 0 Å². The summed E-state index contributed by atoms with van der Waals surface area (Å²) in [5.74, 6) is -0.265. The lowest BCUT2D eigenvalue weighted by Crippen LogP contribution is -2.52. The Morgan fingerprint density at radius 1 is 1.22 bits per heavy atom. The van der Waals surface area contributed by atoms with Gasteiger partial charge in [0.25, 0.3) is 0 Å². The number of benzene rings is 1. The highest BCUT2D eigenvalue weighted by Crippen LogP contribution is 2.19. The molecule has 0 bridgehead atoms. The topological polar surface area (TPSA) is 79.3 Å². The number of nitrogens with two attached hydrogens (primary N) is 1.